The lowest BCUT2D eigenvalue weighted by Crippen LogP contribution is -2.14. The molecule has 0 fully saturated rings. The molecule has 0 aliphatic rings. The molecule has 6 heteroatoms. The van der Waals surface area contributed by atoms with Gasteiger partial charge in [-0.05, 0) is 48.0 Å². The Hall–Kier alpha value is -3.54. The summed E-state index contributed by atoms with van der Waals surface area (Å²) in [5.74, 6) is -2.76. The van der Waals surface area contributed by atoms with Gasteiger partial charge in [0.05, 0.1) is 5.56 Å². The zero-order valence-electron chi connectivity index (χ0n) is 14.7. The molecule has 3 aromatic rings. The fraction of sp³-hybridized carbons (Fsp3) is 0.0909. The maximum atomic E-state index is 13.2. The minimum atomic E-state index is -1.13. The van der Waals surface area contributed by atoms with Gasteiger partial charge in [-0.25, -0.2) is 13.6 Å². The Morgan fingerprint density at radius 1 is 0.786 bits per heavy atom. The van der Waals surface area contributed by atoms with Crippen LogP contribution in [0.3, 0.4) is 0 Å². The Labute approximate surface area is 160 Å². The number of ether oxygens (including phenoxy) is 2. The number of rotatable bonds is 7. The summed E-state index contributed by atoms with van der Waals surface area (Å²) in [4.78, 5) is 24.0. The van der Waals surface area contributed by atoms with Gasteiger partial charge >= 0.3 is 5.97 Å². The van der Waals surface area contributed by atoms with Crippen LogP contribution in [0.2, 0.25) is 0 Å². The van der Waals surface area contributed by atoms with Crippen molar-refractivity contribution in [1.29, 1.82) is 0 Å². The molecule has 0 aliphatic heterocycles. The summed E-state index contributed by atoms with van der Waals surface area (Å²) in [6.07, 6.45) is 0. The number of esters is 1. The first-order chi connectivity index (χ1) is 13.5. The van der Waals surface area contributed by atoms with Crippen LogP contribution in [0, 0.1) is 11.6 Å². The number of carbonyl (C=O) groups excluding carboxylic acids is 2. The van der Waals surface area contributed by atoms with Crippen LogP contribution in [0.4, 0.5) is 8.78 Å². The van der Waals surface area contributed by atoms with E-state index in [9.17, 15) is 18.4 Å². The summed E-state index contributed by atoms with van der Waals surface area (Å²) in [7, 11) is 0. The van der Waals surface area contributed by atoms with E-state index in [4.69, 9.17) is 9.47 Å². The molecule has 4 nitrogen and oxygen atoms in total. The molecule has 0 heterocycles. The smallest absolute Gasteiger partial charge is 0.338 e. The van der Waals surface area contributed by atoms with Gasteiger partial charge in [0, 0.05) is 5.56 Å². The van der Waals surface area contributed by atoms with Crippen LogP contribution in [-0.2, 0) is 11.3 Å². The molecule has 142 valence electrons. The second-order valence-corrected chi connectivity index (χ2v) is 5.93. The highest BCUT2D eigenvalue weighted by atomic mass is 19.2. The topological polar surface area (TPSA) is 52.6 Å². The normalized spacial score (nSPS) is 10.4. The number of para-hydroxylation sites is 1. The largest absolute Gasteiger partial charge is 0.489 e. The lowest BCUT2D eigenvalue weighted by molar-refractivity contribution is 0.0474. The minimum absolute atomic E-state index is 0.0693. The summed E-state index contributed by atoms with van der Waals surface area (Å²) in [5, 5.41) is 0. The van der Waals surface area contributed by atoms with Crippen molar-refractivity contribution in [3.8, 4) is 5.75 Å². The van der Waals surface area contributed by atoms with Gasteiger partial charge in [-0.1, -0.05) is 30.3 Å². The summed E-state index contributed by atoms with van der Waals surface area (Å²) in [5.41, 5.74) is 1.06. The predicted octanol–water partition coefficient (Wildman–Crippen LogP) is 4.58. The molecule has 28 heavy (non-hydrogen) atoms. The van der Waals surface area contributed by atoms with E-state index in [1.54, 1.807) is 24.3 Å². The predicted molar refractivity (Wildman–Crippen MR) is 98.2 cm³/mol. The van der Waals surface area contributed by atoms with Gasteiger partial charge in [0.1, 0.15) is 12.4 Å². The monoisotopic (exact) mass is 382 g/mol. The molecule has 0 saturated heterocycles. The van der Waals surface area contributed by atoms with E-state index >= 15 is 0 Å². The van der Waals surface area contributed by atoms with Crippen LogP contribution in [-0.4, -0.2) is 18.4 Å². The highest BCUT2D eigenvalue weighted by Crippen LogP contribution is 2.13. The molecule has 0 amide bonds. The van der Waals surface area contributed by atoms with Crippen molar-refractivity contribution in [2.45, 2.75) is 6.61 Å². The first kappa shape index (κ1) is 19.2. The van der Waals surface area contributed by atoms with Crippen molar-refractivity contribution < 1.29 is 27.8 Å². The lowest BCUT2D eigenvalue weighted by atomic mass is 10.1. The van der Waals surface area contributed by atoms with Gasteiger partial charge in [-0.15, -0.1) is 0 Å². The highest BCUT2D eigenvalue weighted by molar-refractivity contribution is 5.99. The van der Waals surface area contributed by atoms with Crippen molar-refractivity contribution in [3.63, 3.8) is 0 Å². The van der Waals surface area contributed by atoms with Crippen LogP contribution >= 0.6 is 0 Å². The van der Waals surface area contributed by atoms with Crippen molar-refractivity contribution in [2.75, 3.05) is 6.61 Å². The molecule has 0 aliphatic carbocycles. The van der Waals surface area contributed by atoms with E-state index in [-0.39, 0.29) is 11.1 Å². The van der Waals surface area contributed by atoms with Crippen LogP contribution in [0.25, 0.3) is 0 Å². The number of carbonyl (C=O) groups is 2. The second-order valence-electron chi connectivity index (χ2n) is 5.93. The summed E-state index contributed by atoms with van der Waals surface area (Å²) < 4.78 is 36.6. The molecule has 0 aromatic heterocycles. The number of Topliss-reactive ketones (excluding diaryl/α,β-unsaturated/α-hetero) is 1. The van der Waals surface area contributed by atoms with E-state index in [0.717, 1.165) is 29.5 Å². The zero-order valence-corrected chi connectivity index (χ0v) is 14.7. The Morgan fingerprint density at radius 2 is 1.46 bits per heavy atom. The van der Waals surface area contributed by atoms with Crippen LogP contribution in [0.15, 0.2) is 72.8 Å². The van der Waals surface area contributed by atoms with Crippen molar-refractivity contribution in [1.82, 2.24) is 0 Å². The fourth-order valence-electron chi connectivity index (χ4n) is 2.39. The lowest BCUT2D eigenvalue weighted by Gasteiger charge is -2.07. The number of benzene rings is 3. The van der Waals surface area contributed by atoms with Gasteiger partial charge in [-0.2, -0.15) is 0 Å². The standard InChI is InChI=1S/C22H16F2O4/c23-19-11-10-17(12-20(19)24)21(25)14-28-22(26)16-8-6-15(7-9-16)13-27-18-4-2-1-3-5-18/h1-12H,13-14H2. The third-order valence-electron chi connectivity index (χ3n) is 3.91. The molecule has 0 bridgehead atoms. The molecule has 3 rings (SSSR count). The molecule has 0 spiro atoms. The average molecular weight is 382 g/mol. The number of hydrogen-bond acceptors (Lipinski definition) is 4. The first-order valence-corrected chi connectivity index (χ1v) is 8.45. The Bertz CT molecular complexity index is 970. The van der Waals surface area contributed by atoms with Gasteiger partial charge in [-0.3, -0.25) is 4.79 Å². The van der Waals surface area contributed by atoms with Crippen molar-refractivity contribution in [2.24, 2.45) is 0 Å². The molecule has 0 unspecified atom stereocenters. The Balaban J connectivity index is 1.52. The average Bonchev–Trinajstić information content (AvgIpc) is 2.73. The Morgan fingerprint density at radius 3 is 2.14 bits per heavy atom. The second kappa shape index (κ2) is 8.90. The summed E-state index contributed by atoms with van der Waals surface area (Å²) in [6, 6.07) is 18.6. The third-order valence-corrected chi connectivity index (χ3v) is 3.91. The molecule has 0 saturated carbocycles. The van der Waals surface area contributed by atoms with Gasteiger partial charge in [0.25, 0.3) is 0 Å². The highest BCUT2D eigenvalue weighted by Gasteiger charge is 2.14. The van der Waals surface area contributed by atoms with Crippen LogP contribution in [0.5, 0.6) is 5.75 Å². The van der Waals surface area contributed by atoms with E-state index in [1.165, 1.54) is 0 Å². The van der Waals surface area contributed by atoms with Gasteiger partial charge < -0.3 is 9.47 Å². The molecule has 0 radical (unpaired) electrons. The van der Waals surface area contributed by atoms with E-state index in [1.807, 2.05) is 30.3 Å². The molecule has 0 N–H and O–H groups in total. The van der Waals surface area contributed by atoms with Crippen molar-refractivity contribution >= 4 is 11.8 Å². The fourth-order valence-corrected chi connectivity index (χ4v) is 2.39. The summed E-state index contributed by atoms with van der Waals surface area (Å²) >= 11 is 0. The van der Waals surface area contributed by atoms with E-state index in [0.29, 0.717) is 6.61 Å². The molecule has 0 atom stereocenters. The Kier molecular flexibility index (Phi) is 6.11. The van der Waals surface area contributed by atoms with Crippen LogP contribution in [0.1, 0.15) is 26.3 Å². The zero-order chi connectivity index (χ0) is 19.9. The van der Waals surface area contributed by atoms with Gasteiger partial charge in [0.15, 0.2) is 24.0 Å². The first-order valence-electron chi connectivity index (χ1n) is 8.45. The molecular formula is C22H16F2O4. The SMILES string of the molecule is O=C(COC(=O)c1ccc(COc2ccccc2)cc1)c1ccc(F)c(F)c1. The van der Waals surface area contributed by atoms with Gasteiger partial charge in [0.2, 0.25) is 0 Å². The van der Waals surface area contributed by atoms with Crippen LogP contribution < -0.4 is 4.74 Å². The van der Waals surface area contributed by atoms with E-state index in [2.05, 4.69) is 0 Å². The van der Waals surface area contributed by atoms with E-state index < -0.39 is 30.0 Å². The quantitative estimate of drug-likeness (QED) is 0.443. The van der Waals surface area contributed by atoms with Crippen molar-refractivity contribution in [3.05, 3.63) is 101 Å². The summed E-state index contributed by atoms with van der Waals surface area (Å²) in [6.45, 7) is -0.225. The molecule has 3 aromatic carbocycles. The third kappa shape index (κ3) is 5.01. The minimum Gasteiger partial charge on any atom is -0.489 e. The number of hydrogen-bond donors (Lipinski definition) is 0. The molecular weight excluding hydrogens is 366 g/mol. The maximum Gasteiger partial charge on any atom is 0.338 e. The maximum absolute atomic E-state index is 13.2. The number of ketones is 1. The number of halogens is 2.